The van der Waals surface area contributed by atoms with Crippen molar-refractivity contribution in [2.24, 2.45) is 17.8 Å². The fourth-order valence-electron chi connectivity index (χ4n) is 3.09. The van der Waals surface area contributed by atoms with Crippen molar-refractivity contribution >= 4 is 17.5 Å². The Morgan fingerprint density at radius 1 is 1.22 bits per heavy atom. The lowest BCUT2D eigenvalue weighted by Gasteiger charge is -2.18. The summed E-state index contributed by atoms with van der Waals surface area (Å²) in [6.45, 7) is 2.02. The van der Waals surface area contributed by atoms with E-state index in [4.69, 9.17) is 11.6 Å². The number of nitrogens with one attached hydrogen (secondary N) is 1. The van der Waals surface area contributed by atoms with Gasteiger partial charge in [-0.25, -0.2) is 0 Å². The van der Waals surface area contributed by atoms with Crippen LogP contribution in [0.3, 0.4) is 0 Å². The Balaban J connectivity index is 1.58. The van der Waals surface area contributed by atoms with Crippen molar-refractivity contribution in [2.45, 2.75) is 32.2 Å². The molecular weight excluding hydrogens is 246 g/mol. The molecule has 2 nitrogen and oxygen atoms in total. The number of benzene rings is 1. The molecule has 1 amide bonds. The van der Waals surface area contributed by atoms with Gasteiger partial charge in [-0.15, -0.1) is 0 Å². The molecule has 18 heavy (non-hydrogen) atoms. The minimum Gasteiger partial charge on any atom is -0.349 e. The molecule has 2 unspecified atom stereocenters. The molecule has 2 saturated carbocycles. The van der Waals surface area contributed by atoms with Gasteiger partial charge in [-0.05, 0) is 55.7 Å². The van der Waals surface area contributed by atoms with E-state index in [1.165, 1.54) is 6.42 Å². The molecular formula is C15H18ClNO. The van der Waals surface area contributed by atoms with Crippen LogP contribution in [0.25, 0.3) is 0 Å². The zero-order valence-electron chi connectivity index (χ0n) is 10.5. The Morgan fingerprint density at radius 2 is 1.83 bits per heavy atom. The standard InChI is InChI=1S/C15H18ClNO/c1-9(10-2-4-14(16)5-3-10)17-15(18)13-7-11-6-12(11)8-13/h2-5,9,11-13H,6-8H2,1H3,(H,17,18)/t9-,11?,12?,13?/m0/s1. The van der Waals surface area contributed by atoms with Gasteiger partial charge in [0.15, 0.2) is 0 Å². The highest BCUT2D eigenvalue weighted by Gasteiger charge is 2.48. The number of halogens is 1. The van der Waals surface area contributed by atoms with E-state index in [1.54, 1.807) is 0 Å². The number of carbonyl (C=O) groups excluding carboxylic acids is 1. The lowest BCUT2D eigenvalue weighted by Crippen LogP contribution is -2.32. The summed E-state index contributed by atoms with van der Waals surface area (Å²) < 4.78 is 0. The molecule has 3 rings (SSSR count). The third-order valence-electron chi connectivity index (χ3n) is 4.34. The summed E-state index contributed by atoms with van der Waals surface area (Å²) in [7, 11) is 0. The van der Waals surface area contributed by atoms with Crippen LogP contribution < -0.4 is 5.32 Å². The van der Waals surface area contributed by atoms with Gasteiger partial charge in [0.1, 0.15) is 0 Å². The summed E-state index contributed by atoms with van der Waals surface area (Å²) in [4.78, 5) is 12.1. The van der Waals surface area contributed by atoms with E-state index in [-0.39, 0.29) is 17.9 Å². The fraction of sp³-hybridized carbons (Fsp3) is 0.533. The van der Waals surface area contributed by atoms with E-state index >= 15 is 0 Å². The molecule has 3 heteroatoms. The average molecular weight is 264 g/mol. The molecule has 0 saturated heterocycles. The van der Waals surface area contributed by atoms with Gasteiger partial charge >= 0.3 is 0 Å². The Kier molecular flexibility index (Phi) is 3.06. The van der Waals surface area contributed by atoms with Crippen molar-refractivity contribution in [1.82, 2.24) is 5.32 Å². The second-order valence-electron chi connectivity index (χ2n) is 5.71. The summed E-state index contributed by atoms with van der Waals surface area (Å²) in [5.74, 6) is 2.19. The Morgan fingerprint density at radius 3 is 2.44 bits per heavy atom. The number of hydrogen-bond acceptors (Lipinski definition) is 1. The van der Waals surface area contributed by atoms with Crippen LogP contribution in [-0.4, -0.2) is 5.91 Å². The van der Waals surface area contributed by atoms with Crippen molar-refractivity contribution in [2.75, 3.05) is 0 Å². The average Bonchev–Trinajstić information content (AvgIpc) is 2.96. The highest BCUT2D eigenvalue weighted by molar-refractivity contribution is 6.30. The first-order valence-electron chi connectivity index (χ1n) is 6.69. The smallest absolute Gasteiger partial charge is 0.223 e. The third kappa shape index (κ3) is 2.39. The van der Waals surface area contributed by atoms with Crippen molar-refractivity contribution in [3.8, 4) is 0 Å². The second kappa shape index (κ2) is 4.58. The van der Waals surface area contributed by atoms with E-state index in [9.17, 15) is 4.79 Å². The van der Waals surface area contributed by atoms with Gasteiger partial charge in [0.2, 0.25) is 5.91 Å². The van der Waals surface area contributed by atoms with Gasteiger partial charge in [0.25, 0.3) is 0 Å². The molecule has 0 bridgehead atoms. The Labute approximate surface area is 113 Å². The predicted octanol–water partition coefficient (Wildman–Crippen LogP) is 3.56. The number of hydrogen-bond donors (Lipinski definition) is 1. The van der Waals surface area contributed by atoms with Crippen LogP contribution in [0.4, 0.5) is 0 Å². The minimum absolute atomic E-state index is 0.0618. The highest BCUT2D eigenvalue weighted by atomic mass is 35.5. The zero-order valence-corrected chi connectivity index (χ0v) is 11.3. The van der Waals surface area contributed by atoms with Gasteiger partial charge in [0, 0.05) is 10.9 Å². The van der Waals surface area contributed by atoms with Crippen molar-refractivity contribution in [3.05, 3.63) is 34.9 Å². The summed E-state index contributed by atoms with van der Waals surface area (Å²) in [5.41, 5.74) is 1.11. The lowest BCUT2D eigenvalue weighted by molar-refractivity contribution is -0.125. The molecule has 0 heterocycles. The normalized spacial score (nSPS) is 30.7. The molecule has 2 aliphatic carbocycles. The monoisotopic (exact) mass is 263 g/mol. The van der Waals surface area contributed by atoms with Crippen LogP contribution in [-0.2, 0) is 4.79 Å². The number of fused-ring (bicyclic) bond motifs is 1. The van der Waals surface area contributed by atoms with Gasteiger partial charge in [0.05, 0.1) is 6.04 Å². The van der Waals surface area contributed by atoms with E-state index in [0.717, 1.165) is 35.3 Å². The molecule has 2 aliphatic rings. The summed E-state index contributed by atoms with van der Waals surface area (Å²) >= 11 is 5.86. The number of rotatable bonds is 3. The predicted molar refractivity (Wildman–Crippen MR) is 72.3 cm³/mol. The first kappa shape index (κ1) is 12.0. The maximum Gasteiger partial charge on any atom is 0.223 e. The van der Waals surface area contributed by atoms with Crippen LogP contribution in [0, 0.1) is 17.8 Å². The molecule has 0 aromatic heterocycles. The second-order valence-corrected chi connectivity index (χ2v) is 6.14. The molecule has 2 fully saturated rings. The summed E-state index contributed by atoms with van der Waals surface area (Å²) in [5, 5.41) is 3.85. The third-order valence-corrected chi connectivity index (χ3v) is 4.60. The van der Waals surface area contributed by atoms with Crippen LogP contribution in [0.5, 0.6) is 0 Å². The van der Waals surface area contributed by atoms with E-state index in [1.807, 2.05) is 31.2 Å². The lowest BCUT2D eigenvalue weighted by atomic mass is 10.0. The molecule has 1 aromatic rings. The van der Waals surface area contributed by atoms with Gasteiger partial charge < -0.3 is 5.32 Å². The molecule has 1 aromatic carbocycles. The van der Waals surface area contributed by atoms with Crippen molar-refractivity contribution in [1.29, 1.82) is 0 Å². The summed E-state index contributed by atoms with van der Waals surface area (Å²) in [6.07, 6.45) is 3.56. The van der Waals surface area contributed by atoms with Gasteiger partial charge in [-0.2, -0.15) is 0 Å². The molecule has 96 valence electrons. The molecule has 0 spiro atoms. The number of amides is 1. The van der Waals surface area contributed by atoms with Crippen molar-refractivity contribution < 1.29 is 4.79 Å². The molecule has 0 aliphatic heterocycles. The molecule has 1 N–H and O–H groups in total. The minimum atomic E-state index is 0.0618. The van der Waals surface area contributed by atoms with E-state index in [0.29, 0.717) is 0 Å². The van der Waals surface area contributed by atoms with E-state index in [2.05, 4.69) is 5.32 Å². The quantitative estimate of drug-likeness (QED) is 0.888. The van der Waals surface area contributed by atoms with Gasteiger partial charge in [-0.3, -0.25) is 4.79 Å². The van der Waals surface area contributed by atoms with Crippen LogP contribution in [0.1, 0.15) is 37.8 Å². The van der Waals surface area contributed by atoms with Gasteiger partial charge in [-0.1, -0.05) is 23.7 Å². The van der Waals surface area contributed by atoms with Crippen LogP contribution in [0.15, 0.2) is 24.3 Å². The SMILES string of the molecule is C[C@H](NC(=O)C1CC2CC2C1)c1ccc(Cl)cc1. The highest BCUT2D eigenvalue weighted by Crippen LogP contribution is 2.54. The molecule has 3 atom stereocenters. The Bertz CT molecular complexity index is 446. The van der Waals surface area contributed by atoms with Crippen LogP contribution >= 0.6 is 11.6 Å². The van der Waals surface area contributed by atoms with E-state index < -0.39 is 0 Å². The van der Waals surface area contributed by atoms with Crippen molar-refractivity contribution in [3.63, 3.8) is 0 Å². The topological polar surface area (TPSA) is 29.1 Å². The first-order chi connectivity index (χ1) is 8.63. The first-order valence-corrected chi connectivity index (χ1v) is 7.07. The fourth-order valence-corrected chi connectivity index (χ4v) is 3.22. The largest absolute Gasteiger partial charge is 0.349 e. The summed E-state index contributed by atoms with van der Waals surface area (Å²) in [6, 6.07) is 7.74. The maximum atomic E-state index is 12.1. The Hall–Kier alpha value is -1.02. The zero-order chi connectivity index (χ0) is 12.7. The maximum absolute atomic E-state index is 12.1. The van der Waals surface area contributed by atoms with Crippen LogP contribution in [0.2, 0.25) is 5.02 Å². The number of carbonyl (C=O) groups is 1. The molecule has 0 radical (unpaired) electrons.